The number of amidine groups is 1. The van der Waals surface area contributed by atoms with Crippen LogP contribution in [0.1, 0.15) is 33.4 Å². The summed E-state index contributed by atoms with van der Waals surface area (Å²) in [6, 6.07) is 78.0. The predicted octanol–water partition coefficient (Wildman–Crippen LogP) is 12.6. The van der Waals surface area contributed by atoms with E-state index >= 15 is 0 Å². The van der Waals surface area contributed by atoms with Gasteiger partial charge in [0.1, 0.15) is 0 Å². The van der Waals surface area contributed by atoms with Gasteiger partial charge in [0.05, 0.1) is 11.1 Å². The lowest BCUT2D eigenvalue weighted by atomic mass is 9.68. The van der Waals surface area contributed by atoms with Gasteiger partial charge in [-0.1, -0.05) is 224 Å². The highest BCUT2D eigenvalue weighted by molar-refractivity contribution is 7.85. The van der Waals surface area contributed by atoms with Crippen LogP contribution in [0.15, 0.2) is 240 Å². The lowest BCUT2D eigenvalue weighted by Crippen LogP contribution is -2.28. The van der Waals surface area contributed by atoms with Gasteiger partial charge in [-0.25, -0.2) is 9.98 Å². The number of rotatable bonds is 8. The molecule has 62 heavy (non-hydrogen) atoms. The lowest BCUT2D eigenvalue weighted by molar-refractivity contribution is 0.592. The second-order valence-electron chi connectivity index (χ2n) is 16.0. The number of fused-ring (bicyclic) bond motifs is 8. The van der Waals surface area contributed by atoms with Gasteiger partial charge < -0.3 is 4.57 Å². The van der Waals surface area contributed by atoms with Gasteiger partial charge in [0.2, 0.25) is 0 Å². The number of nitrogens with zero attached hydrogens (tertiary/aromatic N) is 2. The van der Waals surface area contributed by atoms with E-state index in [2.05, 4.69) is 163 Å². The molecule has 0 fully saturated rings. The molecule has 0 amide bonds. The zero-order valence-electron chi connectivity index (χ0n) is 34.0. The number of allylic oxidation sites excluding steroid dienone is 1. The quantitative estimate of drug-likeness (QED) is 0.0856. The topological polar surface area (TPSA) is 41.8 Å². The van der Waals surface area contributed by atoms with E-state index in [1.54, 1.807) is 0 Å². The van der Waals surface area contributed by atoms with Gasteiger partial charge in [-0.15, -0.1) is 0 Å². The summed E-state index contributed by atoms with van der Waals surface area (Å²) in [5, 5.41) is 4.90. The van der Waals surface area contributed by atoms with Crippen molar-refractivity contribution in [3.63, 3.8) is 0 Å². The zero-order chi connectivity index (χ0) is 41.7. The fourth-order valence-electron chi connectivity index (χ4n) is 10.0. The molecule has 0 unspecified atom stereocenters. The summed E-state index contributed by atoms with van der Waals surface area (Å²) in [5.41, 5.74) is 13.2. The standard InChI is InChI=1S/C58H41N2OP/c1-59-57(43-33-31-40(32-34-43)41-35-37-47(38-36-41)62(61,45-20-4-2-5-21-45)46-22-6-3-7-23-46)60-56-51-27-12-15-30-54(51)58(52-28-13-10-25-49(52)50-26-11-14-29-53(50)58)55(56)39-44-19-16-18-42-17-8-9-24-48(42)44/h2-38H,1,39H2/b60-57-. The predicted molar refractivity (Wildman–Crippen MR) is 260 cm³/mol. The molecule has 9 aromatic rings. The molecule has 9 aromatic carbocycles. The normalized spacial score (nSPS) is 13.8. The SMILES string of the molecule is C=N/C(=N\C1=C(Cc2cccc3ccccc23)C2(c3ccccc31)c1ccccc1-c1ccccc12)c1ccc(-c2ccc(P(=O)(c3ccccc3)c3ccccc3)cc2)cc1. The third-order valence-corrected chi connectivity index (χ3v) is 15.9. The summed E-state index contributed by atoms with van der Waals surface area (Å²) >= 11 is 0. The molecule has 0 saturated carbocycles. The van der Waals surface area contributed by atoms with Gasteiger partial charge in [-0.3, -0.25) is 0 Å². The van der Waals surface area contributed by atoms with Crippen molar-refractivity contribution >= 4 is 52.1 Å². The van der Waals surface area contributed by atoms with Crippen molar-refractivity contribution in [1.82, 2.24) is 0 Å². The van der Waals surface area contributed by atoms with E-state index in [1.165, 1.54) is 49.7 Å². The van der Waals surface area contributed by atoms with Crippen molar-refractivity contribution in [2.75, 3.05) is 0 Å². The van der Waals surface area contributed by atoms with Crippen molar-refractivity contribution in [3.05, 3.63) is 263 Å². The van der Waals surface area contributed by atoms with Crippen LogP contribution in [0.5, 0.6) is 0 Å². The second kappa shape index (κ2) is 15.2. The Morgan fingerprint density at radius 2 is 0.935 bits per heavy atom. The minimum absolute atomic E-state index is 0.549. The molecule has 2 aliphatic carbocycles. The average molecular weight is 813 g/mol. The van der Waals surface area contributed by atoms with Gasteiger partial charge >= 0.3 is 0 Å². The first-order valence-electron chi connectivity index (χ1n) is 21.1. The third-order valence-electron chi connectivity index (χ3n) is 12.8. The van der Waals surface area contributed by atoms with E-state index in [9.17, 15) is 4.57 Å². The van der Waals surface area contributed by atoms with Crippen molar-refractivity contribution in [2.24, 2.45) is 9.98 Å². The average Bonchev–Trinajstić information content (AvgIpc) is 3.80. The van der Waals surface area contributed by atoms with Crippen molar-refractivity contribution in [2.45, 2.75) is 11.8 Å². The Labute approximate surface area is 362 Å². The summed E-state index contributed by atoms with van der Waals surface area (Å²) in [4.78, 5) is 10.2. The van der Waals surface area contributed by atoms with Gasteiger partial charge in [-0.2, -0.15) is 0 Å². The maximum absolute atomic E-state index is 15.0. The molecular formula is C58H41N2OP. The van der Waals surface area contributed by atoms with E-state index in [-0.39, 0.29) is 0 Å². The zero-order valence-corrected chi connectivity index (χ0v) is 34.9. The van der Waals surface area contributed by atoms with Gasteiger partial charge in [0.15, 0.2) is 13.0 Å². The van der Waals surface area contributed by atoms with E-state index < -0.39 is 12.6 Å². The van der Waals surface area contributed by atoms with E-state index in [0.717, 1.165) is 43.9 Å². The summed E-state index contributed by atoms with van der Waals surface area (Å²) in [7, 11) is -3.08. The summed E-state index contributed by atoms with van der Waals surface area (Å²) in [6.07, 6.45) is 0.693. The highest BCUT2D eigenvalue weighted by Crippen LogP contribution is 2.62. The van der Waals surface area contributed by atoms with Gasteiger partial charge in [-0.05, 0) is 74.0 Å². The Bertz CT molecular complexity index is 3200. The van der Waals surface area contributed by atoms with Crippen LogP contribution in [0.2, 0.25) is 0 Å². The second-order valence-corrected chi connectivity index (χ2v) is 18.8. The smallest absolute Gasteiger partial charge is 0.171 e. The first kappa shape index (κ1) is 37.5. The lowest BCUT2D eigenvalue weighted by Gasteiger charge is -2.33. The van der Waals surface area contributed by atoms with Crippen LogP contribution >= 0.6 is 7.14 Å². The largest absolute Gasteiger partial charge is 0.309 e. The fourth-order valence-corrected chi connectivity index (χ4v) is 12.7. The summed E-state index contributed by atoms with van der Waals surface area (Å²) < 4.78 is 15.0. The van der Waals surface area contributed by atoms with Gasteiger partial charge in [0, 0.05) is 27.0 Å². The minimum Gasteiger partial charge on any atom is -0.309 e. The Morgan fingerprint density at radius 3 is 1.53 bits per heavy atom. The first-order chi connectivity index (χ1) is 30.6. The Morgan fingerprint density at radius 1 is 0.468 bits per heavy atom. The molecule has 0 aliphatic heterocycles. The summed E-state index contributed by atoms with van der Waals surface area (Å²) in [5.74, 6) is 0.565. The number of hydrogen-bond acceptors (Lipinski definition) is 2. The van der Waals surface area contributed by atoms with Crippen LogP contribution in [-0.4, -0.2) is 12.6 Å². The molecule has 0 saturated heterocycles. The number of aliphatic imine (C=N–C) groups is 2. The molecule has 0 radical (unpaired) electrons. The van der Waals surface area contributed by atoms with Crippen molar-refractivity contribution in [3.8, 4) is 22.3 Å². The summed E-state index contributed by atoms with van der Waals surface area (Å²) in [6.45, 7) is 4.08. The molecule has 0 bridgehead atoms. The monoisotopic (exact) mass is 812 g/mol. The molecule has 0 atom stereocenters. The fraction of sp³-hybridized carbons (Fsp3) is 0.0345. The maximum atomic E-state index is 15.0. The molecular weight excluding hydrogens is 772 g/mol. The van der Waals surface area contributed by atoms with Crippen LogP contribution in [0, 0.1) is 0 Å². The molecule has 0 aromatic heterocycles. The maximum Gasteiger partial charge on any atom is 0.171 e. The molecule has 11 rings (SSSR count). The molecule has 0 N–H and O–H groups in total. The molecule has 0 heterocycles. The van der Waals surface area contributed by atoms with Crippen LogP contribution in [-0.2, 0) is 16.4 Å². The highest BCUT2D eigenvalue weighted by Gasteiger charge is 2.53. The Kier molecular flexibility index (Phi) is 9.22. The van der Waals surface area contributed by atoms with E-state index in [0.29, 0.717) is 12.3 Å². The van der Waals surface area contributed by atoms with E-state index in [4.69, 9.17) is 4.99 Å². The van der Waals surface area contributed by atoms with Crippen molar-refractivity contribution in [1.29, 1.82) is 0 Å². The molecule has 3 nitrogen and oxygen atoms in total. The van der Waals surface area contributed by atoms with Crippen molar-refractivity contribution < 1.29 is 4.57 Å². The van der Waals surface area contributed by atoms with Crippen LogP contribution in [0.25, 0.3) is 38.7 Å². The third kappa shape index (κ3) is 5.85. The molecule has 1 spiro atoms. The molecule has 294 valence electrons. The van der Waals surface area contributed by atoms with Crippen LogP contribution in [0.4, 0.5) is 0 Å². The molecule has 2 aliphatic rings. The Hall–Kier alpha value is -7.45. The first-order valence-corrected chi connectivity index (χ1v) is 22.8. The van der Waals surface area contributed by atoms with Gasteiger partial charge in [0.25, 0.3) is 0 Å². The van der Waals surface area contributed by atoms with Crippen LogP contribution < -0.4 is 15.9 Å². The minimum atomic E-state index is -3.08. The highest BCUT2D eigenvalue weighted by atomic mass is 31.2. The Balaban J connectivity index is 1.03. The molecule has 4 heteroatoms. The van der Waals surface area contributed by atoms with Crippen LogP contribution in [0.3, 0.4) is 0 Å². The van der Waals surface area contributed by atoms with E-state index in [1.807, 2.05) is 72.8 Å². The number of benzene rings is 9. The number of hydrogen-bond donors (Lipinski definition) is 0.